The molecular formula is C33H45N3O5. The Kier molecular flexibility index (Phi) is 7.88. The Morgan fingerprint density at radius 3 is 2.37 bits per heavy atom. The summed E-state index contributed by atoms with van der Waals surface area (Å²) in [5.41, 5.74) is -0.492. The second-order valence-corrected chi connectivity index (χ2v) is 13.0. The van der Waals surface area contributed by atoms with Crippen molar-refractivity contribution in [3.63, 3.8) is 0 Å². The Balaban J connectivity index is 1.31. The number of hydrogen-bond acceptors (Lipinski definition) is 5. The van der Waals surface area contributed by atoms with Crippen LogP contribution < -0.4 is 15.4 Å². The molecule has 6 rings (SSSR count). The van der Waals surface area contributed by atoms with E-state index in [1.807, 2.05) is 17.1 Å². The van der Waals surface area contributed by atoms with Crippen molar-refractivity contribution in [3.05, 3.63) is 36.4 Å². The average molecular weight is 564 g/mol. The fraction of sp³-hybridized carbons (Fsp3) is 0.667. The number of anilines is 1. The van der Waals surface area contributed by atoms with Crippen molar-refractivity contribution >= 4 is 23.4 Å². The molecule has 1 aromatic rings. The van der Waals surface area contributed by atoms with E-state index in [2.05, 4.69) is 24.5 Å². The molecule has 41 heavy (non-hydrogen) atoms. The molecule has 0 aromatic heterocycles. The lowest BCUT2D eigenvalue weighted by Crippen LogP contribution is -2.59. The van der Waals surface area contributed by atoms with E-state index in [0.29, 0.717) is 23.3 Å². The van der Waals surface area contributed by atoms with Crippen molar-refractivity contribution < 1.29 is 23.9 Å². The number of ether oxygens (including phenoxy) is 2. The highest BCUT2D eigenvalue weighted by Crippen LogP contribution is 2.56. The summed E-state index contributed by atoms with van der Waals surface area (Å²) < 4.78 is 11.8. The number of nitrogens with one attached hydrogen (secondary N) is 2. The van der Waals surface area contributed by atoms with Gasteiger partial charge in [-0.05, 0) is 55.4 Å². The van der Waals surface area contributed by atoms with Gasteiger partial charge in [-0.2, -0.15) is 0 Å². The second kappa shape index (κ2) is 11.4. The molecular weight excluding hydrogens is 518 g/mol. The van der Waals surface area contributed by atoms with Crippen molar-refractivity contribution in [1.82, 2.24) is 10.2 Å². The molecule has 222 valence electrons. The van der Waals surface area contributed by atoms with Gasteiger partial charge in [0.05, 0.1) is 25.0 Å². The number of methoxy groups -OCH3 is 1. The van der Waals surface area contributed by atoms with Crippen LogP contribution in [0.1, 0.15) is 78.1 Å². The van der Waals surface area contributed by atoms with Crippen LogP contribution in [0.3, 0.4) is 0 Å². The molecule has 8 nitrogen and oxygen atoms in total. The van der Waals surface area contributed by atoms with Crippen LogP contribution in [0.4, 0.5) is 5.69 Å². The van der Waals surface area contributed by atoms with Gasteiger partial charge in [0, 0.05) is 17.8 Å². The topological polar surface area (TPSA) is 97.0 Å². The Hall–Kier alpha value is -2.87. The molecule has 0 radical (unpaired) electrons. The molecule has 1 aromatic carbocycles. The summed E-state index contributed by atoms with van der Waals surface area (Å²) >= 11 is 0. The fourth-order valence-corrected chi connectivity index (χ4v) is 8.26. The zero-order chi connectivity index (χ0) is 28.7. The van der Waals surface area contributed by atoms with E-state index in [4.69, 9.17) is 9.47 Å². The van der Waals surface area contributed by atoms with Crippen molar-refractivity contribution in [2.75, 3.05) is 12.4 Å². The second-order valence-electron chi connectivity index (χ2n) is 13.0. The maximum Gasteiger partial charge on any atom is 0.246 e. The number of amides is 3. The molecule has 1 spiro atoms. The van der Waals surface area contributed by atoms with Gasteiger partial charge in [0.2, 0.25) is 17.7 Å². The SMILES string of the molecule is COc1ccc(NC(=O)[C@H]2[C@H]3C=C[C@@]4(O3)[C@H]2C(=O)N(C2CCCCCCC2)[C@@H]4C(=O)N[C@@H]2CCC[C@@H](C)[C@@H]2C)cc1. The van der Waals surface area contributed by atoms with Crippen LogP contribution in [0.15, 0.2) is 36.4 Å². The monoisotopic (exact) mass is 563 g/mol. The predicted molar refractivity (Wildman–Crippen MR) is 156 cm³/mol. The number of carbonyl (C=O) groups is 3. The molecule has 3 amide bonds. The summed E-state index contributed by atoms with van der Waals surface area (Å²) in [6, 6.07) is 6.44. The van der Waals surface area contributed by atoms with Crippen LogP contribution in [0.25, 0.3) is 0 Å². The lowest BCUT2D eigenvalue weighted by Gasteiger charge is -2.40. The minimum Gasteiger partial charge on any atom is -0.497 e. The van der Waals surface area contributed by atoms with Gasteiger partial charge in [0.15, 0.2) is 0 Å². The lowest BCUT2D eigenvalue weighted by molar-refractivity contribution is -0.144. The minimum absolute atomic E-state index is 0.0254. The number of rotatable bonds is 6. The van der Waals surface area contributed by atoms with Crippen LogP contribution in [0.2, 0.25) is 0 Å². The van der Waals surface area contributed by atoms with E-state index >= 15 is 0 Å². The lowest BCUT2D eigenvalue weighted by atomic mass is 9.73. The quantitative estimate of drug-likeness (QED) is 0.483. The van der Waals surface area contributed by atoms with Crippen LogP contribution in [0.5, 0.6) is 5.75 Å². The van der Waals surface area contributed by atoms with Crippen LogP contribution in [-0.4, -0.2) is 59.6 Å². The average Bonchev–Trinajstić information content (AvgIpc) is 3.59. The molecule has 0 unspecified atom stereocenters. The first kappa shape index (κ1) is 28.3. The predicted octanol–water partition coefficient (Wildman–Crippen LogP) is 4.84. The van der Waals surface area contributed by atoms with E-state index in [0.717, 1.165) is 51.4 Å². The summed E-state index contributed by atoms with van der Waals surface area (Å²) in [7, 11) is 1.60. The van der Waals surface area contributed by atoms with Crippen molar-refractivity contribution in [3.8, 4) is 5.75 Å². The molecule has 2 bridgehead atoms. The smallest absolute Gasteiger partial charge is 0.246 e. The summed E-state index contributed by atoms with van der Waals surface area (Å²) in [5, 5.41) is 6.39. The maximum absolute atomic E-state index is 14.5. The summed E-state index contributed by atoms with van der Waals surface area (Å²) in [4.78, 5) is 44.5. The molecule has 3 heterocycles. The third-order valence-electron chi connectivity index (χ3n) is 10.7. The Bertz CT molecular complexity index is 1180. The Morgan fingerprint density at radius 2 is 1.66 bits per heavy atom. The van der Waals surface area contributed by atoms with Crippen molar-refractivity contribution in [2.45, 2.75) is 108 Å². The van der Waals surface area contributed by atoms with Crippen LogP contribution >= 0.6 is 0 Å². The molecule has 2 saturated carbocycles. The van der Waals surface area contributed by atoms with E-state index < -0.39 is 29.6 Å². The van der Waals surface area contributed by atoms with Crippen LogP contribution in [0, 0.1) is 23.7 Å². The normalized spacial score (nSPS) is 36.9. The van der Waals surface area contributed by atoms with Gasteiger partial charge in [-0.15, -0.1) is 0 Å². The summed E-state index contributed by atoms with van der Waals surface area (Å²) in [6.07, 6.45) is 13.9. The molecule has 8 heteroatoms. The van der Waals surface area contributed by atoms with Gasteiger partial charge < -0.3 is 25.0 Å². The van der Waals surface area contributed by atoms with E-state index in [1.165, 1.54) is 12.8 Å². The number of fused-ring (bicyclic) bond motifs is 1. The molecule has 2 saturated heterocycles. The zero-order valence-corrected chi connectivity index (χ0v) is 24.6. The van der Waals surface area contributed by atoms with Gasteiger partial charge in [0.25, 0.3) is 0 Å². The molecule has 5 aliphatic rings. The highest BCUT2D eigenvalue weighted by molar-refractivity contribution is 6.03. The number of hydrogen-bond donors (Lipinski definition) is 2. The standard InChI is InChI=1S/C33H45N3O5/c1-20-10-9-13-25(21(20)2)35-31(38)29-33-19-18-26(41-33)27(30(37)34-22-14-16-24(40-3)17-15-22)28(33)32(39)36(29)23-11-7-5-4-6-8-12-23/h14-21,23,25-29H,4-13H2,1-3H3,(H,34,37)(H,35,38)/t20-,21+,25-,26-,27+,28-,29-,33-/m1/s1. The van der Waals surface area contributed by atoms with E-state index in [1.54, 1.807) is 31.4 Å². The number of benzene rings is 1. The molecule has 8 atom stereocenters. The minimum atomic E-state index is -1.13. The highest BCUT2D eigenvalue weighted by Gasteiger charge is 2.73. The van der Waals surface area contributed by atoms with Crippen molar-refractivity contribution in [2.24, 2.45) is 23.7 Å². The third kappa shape index (κ3) is 4.96. The van der Waals surface area contributed by atoms with Crippen molar-refractivity contribution in [1.29, 1.82) is 0 Å². The fourth-order valence-electron chi connectivity index (χ4n) is 8.26. The first-order valence-electron chi connectivity index (χ1n) is 15.8. The van der Waals surface area contributed by atoms with Gasteiger partial charge >= 0.3 is 0 Å². The van der Waals surface area contributed by atoms with E-state index in [9.17, 15) is 14.4 Å². The first-order valence-corrected chi connectivity index (χ1v) is 15.8. The third-order valence-corrected chi connectivity index (χ3v) is 10.7. The largest absolute Gasteiger partial charge is 0.497 e. The maximum atomic E-state index is 14.5. The number of likely N-dealkylation sites (tertiary alicyclic amines) is 1. The molecule has 2 N–H and O–H groups in total. The molecule has 4 fully saturated rings. The van der Waals surface area contributed by atoms with Gasteiger partial charge in [-0.25, -0.2) is 0 Å². The van der Waals surface area contributed by atoms with Gasteiger partial charge in [0.1, 0.15) is 17.4 Å². The Morgan fingerprint density at radius 1 is 0.951 bits per heavy atom. The number of nitrogens with zero attached hydrogens (tertiary/aromatic N) is 1. The first-order chi connectivity index (χ1) is 19.8. The van der Waals surface area contributed by atoms with Crippen LogP contribution in [-0.2, 0) is 19.1 Å². The summed E-state index contributed by atoms with van der Waals surface area (Å²) in [6.45, 7) is 4.48. The van der Waals surface area contributed by atoms with Gasteiger partial charge in [-0.1, -0.05) is 70.9 Å². The Labute approximate surface area is 243 Å². The van der Waals surface area contributed by atoms with Gasteiger partial charge in [-0.3, -0.25) is 14.4 Å². The number of carbonyl (C=O) groups excluding carboxylic acids is 3. The van der Waals surface area contributed by atoms with E-state index in [-0.39, 0.29) is 29.8 Å². The zero-order valence-electron chi connectivity index (χ0n) is 24.6. The molecule has 3 aliphatic heterocycles. The molecule has 2 aliphatic carbocycles. The highest BCUT2D eigenvalue weighted by atomic mass is 16.5. The summed E-state index contributed by atoms with van der Waals surface area (Å²) in [5.74, 6) is -0.305.